The van der Waals surface area contributed by atoms with E-state index in [1.165, 1.54) is 7.11 Å². The third-order valence-corrected chi connectivity index (χ3v) is 2.43. The van der Waals surface area contributed by atoms with E-state index >= 15 is 0 Å². The summed E-state index contributed by atoms with van der Waals surface area (Å²) in [5.74, 6) is -0.537. The highest BCUT2D eigenvalue weighted by molar-refractivity contribution is 5.94. The number of amides is 1. The Morgan fingerprint density at radius 2 is 2.11 bits per heavy atom. The maximum Gasteiger partial charge on any atom is 0.337 e. The molecule has 1 rings (SSSR count). The fourth-order valence-corrected chi connectivity index (χ4v) is 1.54. The summed E-state index contributed by atoms with van der Waals surface area (Å²) in [5, 5.41) is 2.75. The van der Waals surface area contributed by atoms with Crippen LogP contribution in [0.15, 0.2) is 18.2 Å². The third-order valence-electron chi connectivity index (χ3n) is 2.43. The van der Waals surface area contributed by atoms with Crippen LogP contribution in [-0.2, 0) is 9.53 Å². The van der Waals surface area contributed by atoms with Gasteiger partial charge in [0, 0.05) is 18.2 Å². The molecule has 3 N–H and O–H groups in total. The molecule has 0 aliphatic rings. The highest BCUT2D eigenvalue weighted by Crippen LogP contribution is 2.17. The molecular weight excluding hydrogens is 232 g/mol. The van der Waals surface area contributed by atoms with Crippen LogP contribution >= 0.6 is 0 Å². The molecule has 18 heavy (non-hydrogen) atoms. The van der Waals surface area contributed by atoms with Gasteiger partial charge in [-0.25, -0.2) is 4.79 Å². The average molecular weight is 250 g/mol. The smallest absolute Gasteiger partial charge is 0.337 e. The number of benzene rings is 1. The maximum atomic E-state index is 11.6. The Labute approximate surface area is 106 Å². The SMILES string of the molecule is COC(=O)c1ccc(NC(=O)CC(C)N)c(C)c1. The van der Waals surface area contributed by atoms with Crippen LogP contribution in [0.4, 0.5) is 5.69 Å². The molecule has 5 nitrogen and oxygen atoms in total. The first-order valence-corrected chi connectivity index (χ1v) is 5.68. The molecular formula is C13H18N2O3. The highest BCUT2D eigenvalue weighted by Gasteiger charge is 2.10. The lowest BCUT2D eigenvalue weighted by Gasteiger charge is -2.10. The molecule has 0 radical (unpaired) electrons. The van der Waals surface area contributed by atoms with Crippen molar-refractivity contribution >= 4 is 17.6 Å². The summed E-state index contributed by atoms with van der Waals surface area (Å²) in [6, 6.07) is 4.79. The number of hydrogen-bond acceptors (Lipinski definition) is 4. The number of nitrogens with one attached hydrogen (secondary N) is 1. The fraction of sp³-hybridized carbons (Fsp3) is 0.385. The molecule has 0 spiro atoms. The van der Waals surface area contributed by atoms with Crippen molar-refractivity contribution < 1.29 is 14.3 Å². The number of hydrogen-bond donors (Lipinski definition) is 2. The second kappa shape index (κ2) is 6.16. The van der Waals surface area contributed by atoms with Crippen LogP contribution in [0.3, 0.4) is 0 Å². The summed E-state index contributed by atoms with van der Waals surface area (Å²) in [5.41, 5.74) is 7.48. The van der Waals surface area contributed by atoms with Crippen molar-refractivity contribution in [2.75, 3.05) is 12.4 Å². The number of carbonyl (C=O) groups is 2. The number of carbonyl (C=O) groups excluding carboxylic acids is 2. The van der Waals surface area contributed by atoms with Crippen LogP contribution in [0.1, 0.15) is 29.3 Å². The second-order valence-electron chi connectivity index (χ2n) is 4.25. The van der Waals surface area contributed by atoms with Gasteiger partial charge >= 0.3 is 5.97 Å². The Kier molecular flexibility index (Phi) is 4.85. The molecule has 0 aliphatic carbocycles. The van der Waals surface area contributed by atoms with Crippen molar-refractivity contribution in [2.45, 2.75) is 26.3 Å². The van der Waals surface area contributed by atoms with E-state index in [9.17, 15) is 9.59 Å². The zero-order valence-corrected chi connectivity index (χ0v) is 10.8. The number of methoxy groups -OCH3 is 1. The molecule has 1 atom stereocenters. The molecule has 1 aromatic rings. The number of ether oxygens (including phenoxy) is 1. The standard InChI is InChI=1S/C13H18N2O3/c1-8-6-10(13(17)18-3)4-5-11(8)15-12(16)7-9(2)14/h4-6,9H,7,14H2,1-3H3,(H,15,16). The summed E-state index contributed by atoms with van der Waals surface area (Å²) >= 11 is 0. The minimum atomic E-state index is -0.397. The van der Waals surface area contributed by atoms with Crippen molar-refractivity contribution in [3.8, 4) is 0 Å². The Hall–Kier alpha value is -1.88. The Bertz CT molecular complexity index is 456. The van der Waals surface area contributed by atoms with Crippen LogP contribution < -0.4 is 11.1 Å². The van der Waals surface area contributed by atoms with Gasteiger partial charge in [-0.2, -0.15) is 0 Å². The molecule has 0 saturated carbocycles. The van der Waals surface area contributed by atoms with Gasteiger partial charge in [-0.3, -0.25) is 4.79 Å². The Morgan fingerprint density at radius 1 is 1.44 bits per heavy atom. The molecule has 0 heterocycles. The van der Waals surface area contributed by atoms with E-state index in [4.69, 9.17) is 5.73 Å². The van der Waals surface area contributed by atoms with Crippen LogP contribution in [0.25, 0.3) is 0 Å². The quantitative estimate of drug-likeness (QED) is 0.793. The molecule has 0 fully saturated rings. The van der Waals surface area contributed by atoms with Gasteiger partial charge in [0.2, 0.25) is 5.91 Å². The molecule has 98 valence electrons. The molecule has 0 bridgehead atoms. The van der Waals surface area contributed by atoms with Gasteiger partial charge in [-0.05, 0) is 37.6 Å². The van der Waals surface area contributed by atoms with Crippen LogP contribution in [0, 0.1) is 6.92 Å². The van der Waals surface area contributed by atoms with E-state index < -0.39 is 5.97 Å². The van der Waals surface area contributed by atoms with E-state index in [1.807, 2.05) is 6.92 Å². The predicted octanol–water partition coefficient (Wildman–Crippen LogP) is 1.46. The molecule has 1 amide bonds. The summed E-state index contributed by atoms with van der Waals surface area (Å²) in [6.45, 7) is 3.58. The Morgan fingerprint density at radius 3 is 2.61 bits per heavy atom. The van der Waals surface area contributed by atoms with E-state index in [0.717, 1.165) is 5.56 Å². The number of anilines is 1. The maximum absolute atomic E-state index is 11.6. The molecule has 5 heteroatoms. The zero-order valence-electron chi connectivity index (χ0n) is 10.8. The first-order valence-electron chi connectivity index (χ1n) is 5.68. The van der Waals surface area contributed by atoms with Gasteiger partial charge in [-0.15, -0.1) is 0 Å². The average Bonchev–Trinajstić information content (AvgIpc) is 2.29. The van der Waals surface area contributed by atoms with Gasteiger partial charge in [0.25, 0.3) is 0 Å². The molecule has 0 saturated heterocycles. The van der Waals surface area contributed by atoms with Crippen molar-refractivity contribution in [3.63, 3.8) is 0 Å². The topological polar surface area (TPSA) is 81.4 Å². The van der Waals surface area contributed by atoms with Gasteiger partial charge in [0.1, 0.15) is 0 Å². The number of esters is 1. The van der Waals surface area contributed by atoms with Crippen LogP contribution in [-0.4, -0.2) is 25.0 Å². The second-order valence-corrected chi connectivity index (χ2v) is 4.25. The number of aryl methyl sites for hydroxylation is 1. The van der Waals surface area contributed by atoms with Crippen LogP contribution in [0.5, 0.6) is 0 Å². The molecule has 0 aromatic heterocycles. The minimum Gasteiger partial charge on any atom is -0.465 e. The minimum absolute atomic E-state index is 0.140. The van der Waals surface area contributed by atoms with Crippen molar-refractivity contribution in [2.24, 2.45) is 5.73 Å². The lowest BCUT2D eigenvalue weighted by molar-refractivity contribution is -0.116. The number of nitrogens with two attached hydrogens (primary N) is 1. The summed E-state index contributed by atoms with van der Waals surface area (Å²) in [4.78, 5) is 22.9. The summed E-state index contributed by atoms with van der Waals surface area (Å²) in [6.07, 6.45) is 0.262. The summed E-state index contributed by atoms with van der Waals surface area (Å²) in [7, 11) is 1.33. The fourth-order valence-electron chi connectivity index (χ4n) is 1.54. The summed E-state index contributed by atoms with van der Waals surface area (Å²) < 4.78 is 4.62. The zero-order chi connectivity index (χ0) is 13.7. The first kappa shape index (κ1) is 14.2. The Balaban J connectivity index is 2.80. The highest BCUT2D eigenvalue weighted by atomic mass is 16.5. The van der Waals surface area contributed by atoms with E-state index in [-0.39, 0.29) is 18.4 Å². The van der Waals surface area contributed by atoms with Gasteiger partial charge < -0.3 is 15.8 Å². The van der Waals surface area contributed by atoms with Gasteiger partial charge in [-0.1, -0.05) is 0 Å². The van der Waals surface area contributed by atoms with Crippen LogP contribution in [0.2, 0.25) is 0 Å². The normalized spacial score (nSPS) is 11.8. The van der Waals surface area contributed by atoms with Crippen molar-refractivity contribution in [1.29, 1.82) is 0 Å². The van der Waals surface area contributed by atoms with Gasteiger partial charge in [0.15, 0.2) is 0 Å². The van der Waals surface area contributed by atoms with Crippen molar-refractivity contribution in [1.82, 2.24) is 0 Å². The van der Waals surface area contributed by atoms with Crippen molar-refractivity contribution in [3.05, 3.63) is 29.3 Å². The first-order chi connectivity index (χ1) is 8.43. The third kappa shape index (κ3) is 3.85. The lowest BCUT2D eigenvalue weighted by Crippen LogP contribution is -2.24. The molecule has 1 aromatic carbocycles. The monoisotopic (exact) mass is 250 g/mol. The molecule has 1 unspecified atom stereocenters. The van der Waals surface area contributed by atoms with E-state index in [2.05, 4.69) is 10.1 Å². The predicted molar refractivity (Wildman–Crippen MR) is 69.4 cm³/mol. The van der Waals surface area contributed by atoms with E-state index in [0.29, 0.717) is 11.3 Å². The lowest BCUT2D eigenvalue weighted by atomic mass is 10.1. The van der Waals surface area contributed by atoms with E-state index in [1.54, 1.807) is 25.1 Å². The molecule has 0 aliphatic heterocycles. The number of rotatable bonds is 4. The largest absolute Gasteiger partial charge is 0.465 e. The van der Waals surface area contributed by atoms with Gasteiger partial charge in [0.05, 0.1) is 12.7 Å².